The van der Waals surface area contributed by atoms with Gasteiger partial charge in [-0.1, -0.05) is 30.8 Å². The van der Waals surface area contributed by atoms with Crippen LogP contribution in [0.25, 0.3) is 11.1 Å². The number of allylic oxidation sites excluding steroid dienone is 2. The number of ketones is 1. The molecule has 29 heavy (non-hydrogen) atoms. The van der Waals surface area contributed by atoms with Crippen LogP contribution in [-0.4, -0.2) is 17.7 Å². The molecule has 2 rings (SSSR count). The standard InChI is InChI=1S/C23H22O6/c1-14(2)22(25)29-21-12-8-19(9-13-21)18-6-10-20(11-7-18)27-16(4)17(5)28-23(26)15(3)24/h6-13H,1H2,2-5H3/b17-16-. The minimum Gasteiger partial charge on any atom is -0.459 e. The smallest absolute Gasteiger partial charge is 0.379 e. The maximum atomic E-state index is 11.5. The van der Waals surface area contributed by atoms with Crippen LogP contribution in [-0.2, 0) is 19.1 Å². The highest BCUT2D eigenvalue weighted by Gasteiger charge is 2.12. The van der Waals surface area contributed by atoms with Gasteiger partial charge in [0.25, 0.3) is 0 Å². The Balaban J connectivity index is 2.06. The summed E-state index contributed by atoms with van der Waals surface area (Å²) < 4.78 is 15.7. The summed E-state index contributed by atoms with van der Waals surface area (Å²) in [5.74, 6) is -0.494. The highest BCUT2D eigenvalue weighted by atomic mass is 16.6. The highest BCUT2D eigenvalue weighted by molar-refractivity contribution is 6.32. The molecule has 0 aliphatic carbocycles. The fraction of sp³-hybridized carbons (Fsp3) is 0.174. The first-order valence-corrected chi connectivity index (χ1v) is 8.83. The van der Waals surface area contributed by atoms with E-state index in [-0.39, 0.29) is 5.76 Å². The number of carbonyl (C=O) groups is 3. The van der Waals surface area contributed by atoms with Crippen molar-refractivity contribution in [1.82, 2.24) is 0 Å². The predicted molar refractivity (Wildman–Crippen MR) is 108 cm³/mol. The SMILES string of the molecule is C=C(C)C(=O)Oc1ccc(-c2ccc(O/C(C)=C(/C)OC(=O)C(C)=O)cc2)cc1. The molecule has 0 saturated heterocycles. The number of benzene rings is 2. The monoisotopic (exact) mass is 394 g/mol. The molecule has 0 unspecified atom stereocenters. The molecule has 0 atom stereocenters. The largest absolute Gasteiger partial charge is 0.459 e. The summed E-state index contributed by atoms with van der Waals surface area (Å²) in [5.41, 5.74) is 2.21. The molecule has 0 spiro atoms. The number of esters is 2. The van der Waals surface area contributed by atoms with Crippen LogP contribution in [0, 0.1) is 0 Å². The number of hydrogen-bond donors (Lipinski definition) is 0. The molecule has 0 saturated carbocycles. The molecule has 2 aromatic rings. The van der Waals surface area contributed by atoms with Gasteiger partial charge >= 0.3 is 11.9 Å². The Kier molecular flexibility index (Phi) is 7.09. The van der Waals surface area contributed by atoms with Gasteiger partial charge in [-0.15, -0.1) is 0 Å². The Hall–Kier alpha value is -3.67. The van der Waals surface area contributed by atoms with Crippen molar-refractivity contribution < 1.29 is 28.6 Å². The van der Waals surface area contributed by atoms with Gasteiger partial charge in [0.15, 0.2) is 0 Å². The molecule has 0 amide bonds. The third kappa shape index (κ3) is 6.17. The average Bonchev–Trinajstić information content (AvgIpc) is 2.68. The lowest BCUT2D eigenvalue weighted by atomic mass is 10.1. The zero-order valence-electron chi connectivity index (χ0n) is 16.8. The molecule has 6 nitrogen and oxygen atoms in total. The van der Waals surface area contributed by atoms with Crippen molar-refractivity contribution in [3.05, 3.63) is 72.2 Å². The van der Waals surface area contributed by atoms with Gasteiger partial charge in [-0.3, -0.25) is 4.79 Å². The zero-order chi connectivity index (χ0) is 21.6. The fourth-order valence-electron chi connectivity index (χ4n) is 2.16. The summed E-state index contributed by atoms with van der Waals surface area (Å²) in [6, 6.07) is 14.4. The van der Waals surface area contributed by atoms with E-state index in [4.69, 9.17) is 14.2 Å². The van der Waals surface area contributed by atoms with Crippen molar-refractivity contribution in [3.63, 3.8) is 0 Å². The van der Waals surface area contributed by atoms with Crippen molar-refractivity contribution in [2.45, 2.75) is 27.7 Å². The minimum absolute atomic E-state index is 0.217. The van der Waals surface area contributed by atoms with Crippen LogP contribution in [0.5, 0.6) is 11.5 Å². The summed E-state index contributed by atoms with van der Waals surface area (Å²) in [4.78, 5) is 33.9. The fourth-order valence-corrected chi connectivity index (χ4v) is 2.16. The van der Waals surface area contributed by atoms with Crippen LogP contribution in [0.1, 0.15) is 27.7 Å². The molecule has 0 bridgehead atoms. The molecule has 2 aromatic carbocycles. The molecule has 0 aliphatic heterocycles. The number of hydrogen-bond acceptors (Lipinski definition) is 6. The maximum absolute atomic E-state index is 11.5. The Morgan fingerprint density at radius 3 is 1.52 bits per heavy atom. The van der Waals surface area contributed by atoms with Gasteiger partial charge in [0.05, 0.1) is 0 Å². The van der Waals surface area contributed by atoms with E-state index in [1.807, 2.05) is 24.3 Å². The van der Waals surface area contributed by atoms with Crippen LogP contribution in [0.15, 0.2) is 72.2 Å². The molecule has 0 N–H and O–H groups in total. The summed E-state index contributed by atoms with van der Waals surface area (Å²) in [5, 5.41) is 0. The van der Waals surface area contributed by atoms with Crippen molar-refractivity contribution in [2.24, 2.45) is 0 Å². The van der Waals surface area contributed by atoms with Crippen molar-refractivity contribution in [2.75, 3.05) is 0 Å². The molecule has 0 aliphatic rings. The van der Waals surface area contributed by atoms with Gasteiger partial charge in [-0.25, -0.2) is 9.59 Å². The van der Waals surface area contributed by atoms with E-state index in [0.29, 0.717) is 22.8 Å². The first-order chi connectivity index (χ1) is 13.7. The van der Waals surface area contributed by atoms with Gasteiger partial charge in [0, 0.05) is 12.5 Å². The molecular formula is C23H22O6. The number of carbonyl (C=O) groups excluding carboxylic acids is 3. The minimum atomic E-state index is -0.932. The van der Waals surface area contributed by atoms with Gasteiger partial charge < -0.3 is 14.2 Å². The van der Waals surface area contributed by atoms with E-state index < -0.39 is 17.7 Å². The summed E-state index contributed by atoms with van der Waals surface area (Å²) in [6.45, 7) is 9.47. The first-order valence-electron chi connectivity index (χ1n) is 8.83. The second-order valence-electron chi connectivity index (χ2n) is 6.38. The van der Waals surface area contributed by atoms with E-state index in [1.165, 1.54) is 0 Å². The number of Topliss-reactive ketones (excluding diaryl/α,β-unsaturated/α-hetero) is 1. The maximum Gasteiger partial charge on any atom is 0.379 e. The Morgan fingerprint density at radius 1 is 0.655 bits per heavy atom. The lowest BCUT2D eigenvalue weighted by Gasteiger charge is -2.10. The molecule has 0 aromatic heterocycles. The third-order valence-electron chi connectivity index (χ3n) is 3.90. The molecule has 0 fully saturated rings. The van der Waals surface area contributed by atoms with Crippen molar-refractivity contribution in [3.8, 4) is 22.6 Å². The number of ether oxygens (including phenoxy) is 3. The first kappa shape index (κ1) is 21.6. The lowest BCUT2D eigenvalue weighted by Crippen LogP contribution is -2.14. The normalized spacial score (nSPS) is 11.2. The van der Waals surface area contributed by atoms with Gasteiger partial charge in [-0.05, 0) is 56.2 Å². The van der Waals surface area contributed by atoms with Crippen LogP contribution in [0.4, 0.5) is 0 Å². The third-order valence-corrected chi connectivity index (χ3v) is 3.90. The zero-order valence-corrected chi connectivity index (χ0v) is 16.8. The molecular weight excluding hydrogens is 372 g/mol. The summed E-state index contributed by atoms with van der Waals surface area (Å²) in [6.07, 6.45) is 0. The molecule has 0 heterocycles. The summed E-state index contributed by atoms with van der Waals surface area (Å²) in [7, 11) is 0. The molecule has 6 heteroatoms. The Labute approximate surface area is 169 Å². The lowest BCUT2D eigenvalue weighted by molar-refractivity contribution is -0.149. The quantitative estimate of drug-likeness (QED) is 0.225. The van der Waals surface area contributed by atoms with Gasteiger partial charge in [-0.2, -0.15) is 0 Å². The van der Waals surface area contributed by atoms with E-state index in [2.05, 4.69) is 6.58 Å². The van der Waals surface area contributed by atoms with Crippen molar-refractivity contribution in [1.29, 1.82) is 0 Å². The van der Waals surface area contributed by atoms with E-state index >= 15 is 0 Å². The predicted octanol–water partition coefficient (Wildman–Crippen LogP) is 4.60. The topological polar surface area (TPSA) is 78.9 Å². The van der Waals surface area contributed by atoms with Crippen LogP contribution < -0.4 is 9.47 Å². The Morgan fingerprint density at radius 2 is 1.10 bits per heavy atom. The van der Waals surface area contributed by atoms with Crippen molar-refractivity contribution >= 4 is 17.7 Å². The second-order valence-corrected chi connectivity index (χ2v) is 6.38. The van der Waals surface area contributed by atoms with Crippen LogP contribution >= 0.6 is 0 Å². The van der Waals surface area contributed by atoms with Gasteiger partial charge in [0.1, 0.15) is 23.0 Å². The van der Waals surface area contributed by atoms with Crippen LogP contribution in [0.3, 0.4) is 0 Å². The molecule has 0 radical (unpaired) electrons. The number of rotatable bonds is 7. The Bertz CT molecular complexity index is 965. The molecule has 150 valence electrons. The van der Waals surface area contributed by atoms with Gasteiger partial charge in [0.2, 0.25) is 5.78 Å². The van der Waals surface area contributed by atoms with E-state index in [9.17, 15) is 14.4 Å². The highest BCUT2D eigenvalue weighted by Crippen LogP contribution is 2.26. The summed E-state index contributed by atoms with van der Waals surface area (Å²) >= 11 is 0. The van der Waals surface area contributed by atoms with E-state index in [0.717, 1.165) is 18.1 Å². The second kappa shape index (κ2) is 9.50. The van der Waals surface area contributed by atoms with Crippen LogP contribution in [0.2, 0.25) is 0 Å². The average molecular weight is 394 g/mol. The van der Waals surface area contributed by atoms with E-state index in [1.54, 1.807) is 45.0 Å².